The van der Waals surface area contributed by atoms with Crippen LogP contribution in [0.1, 0.15) is 46.3 Å². The molecule has 1 saturated heterocycles. The fourth-order valence-electron chi connectivity index (χ4n) is 3.07. The van der Waals surface area contributed by atoms with Crippen molar-refractivity contribution in [1.29, 1.82) is 0 Å². The van der Waals surface area contributed by atoms with Crippen LogP contribution in [0.25, 0.3) is 0 Å². The van der Waals surface area contributed by atoms with Crippen LogP contribution in [0, 0.1) is 0 Å². The normalized spacial score (nSPS) is 21.9. The molecule has 0 unspecified atom stereocenters. The Morgan fingerprint density at radius 1 is 1.40 bits per heavy atom. The van der Waals surface area contributed by atoms with Crippen LogP contribution in [0.2, 0.25) is 0 Å². The molecule has 1 N–H and O–H groups in total. The minimum absolute atomic E-state index is 0.0179. The topological polar surface area (TPSA) is 62.5 Å². The minimum atomic E-state index is -0.940. The first-order valence-corrected chi connectivity index (χ1v) is 8.09. The maximum Gasteiger partial charge on any atom is 0.337 e. The monoisotopic (exact) mass is 294 g/mol. The first-order chi connectivity index (χ1) is 9.59. The number of fused-ring (bicyclic) bond motifs is 1. The Bertz CT molecular complexity index is 567. The molecule has 1 atom stereocenters. The van der Waals surface area contributed by atoms with Gasteiger partial charge in [0.2, 0.25) is 0 Å². The number of hydrogen-bond acceptors (Lipinski definition) is 3. The molecule has 108 valence electrons. The van der Waals surface area contributed by atoms with Crippen molar-refractivity contribution in [2.75, 3.05) is 12.3 Å². The molecular weight excluding hydrogens is 276 g/mol. The summed E-state index contributed by atoms with van der Waals surface area (Å²) < 4.78 is 1.91. The highest BCUT2D eigenvalue weighted by molar-refractivity contribution is 7.98. The second kappa shape index (κ2) is 5.16. The van der Waals surface area contributed by atoms with Crippen molar-refractivity contribution in [1.82, 2.24) is 9.47 Å². The number of nitrogens with zero attached hydrogens (tertiary/aromatic N) is 2. The molecular formula is C14H18N2O3S. The SMILES string of the molecule is C[C@H]1CCCN1C(=O)c1cc(C(=O)O)c2n1CCSC2. The Kier molecular flexibility index (Phi) is 3.50. The van der Waals surface area contributed by atoms with Crippen LogP contribution >= 0.6 is 11.8 Å². The van der Waals surface area contributed by atoms with Gasteiger partial charge in [-0.15, -0.1) is 0 Å². The zero-order valence-corrected chi connectivity index (χ0v) is 12.3. The fraction of sp³-hybridized carbons (Fsp3) is 0.571. The summed E-state index contributed by atoms with van der Waals surface area (Å²) in [6.07, 6.45) is 2.06. The quantitative estimate of drug-likeness (QED) is 0.907. The van der Waals surface area contributed by atoms with E-state index in [0.717, 1.165) is 37.4 Å². The average molecular weight is 294 g/mol. The van der Waals surface area contributed by atoms with E-state index in [1.54, 1.807) is 17.8 Å². The van der Waals surface area contributed by atoms with Gasteiger partial charge in [0.1, 0.15) is 5.69 Å². The highest BCUT2D eigenvalue weighted by atomic mass is 32.2. The predicted molar refractivity (Wildman–Crippen MR) is 77.3 cm³/mol. The molecule has 0 aliphatic carbocycles. The molecule has 2 aliphatic heterocycles. The Hall–Kier alpha value is -1.43. The van der Waals surface area contributed by atoms with Gasteiger partial charge < -0.3 is 14.6 Å². The molecule has 5 nitrogen and oxygen atoms in total. The van der Waals surface area contributed by atoms with Crippen LogP contribution < -0.4 is 0 Å². The van der Waals surface area contributed by atoms with Gasteiger partial charge in [-0.05, 0) is 25.8 Å². The third kappa shape index (κ3) is 2.12. The lowest BCUT2D eigenvalue weighted by Crippen LogP contribution is -2.35. The molecule has 1 fully saturated rings. The number of likely N-dealkylation sites (tertiary alicyclic amines) is 1. The molecule has 0 saturated carbocycles. The second-order valence-electron chi connectivity index (χ2n) is 5.39. The number of thioether (sulfide) groups is 1. The lowest BCUT2D eigenvalue weighted by Gasteiger charge is -2.24. The fourth-order valence-corrected chi connectivity index (χ4v) is 4.03. The van der Waals surface area contributed by atoms with Crippen LogP contribution in [0.15, 0.2) is 6.07 Å². The number of carbonyl (C=O) groups is 2. The summed E-state index contributed by atoms with van der Waals surface area (Å²) in [4.78, 5) is 25.9. The summed E-state index contributed by atoms with van der Waals surface area (Å²) >= 11 is 1.72. The molecule has 20 heavy (non-hydrogen) atoms. The van der Waals surface area contributed by atoms with Crippen LogP contribution in [-0.2, 0) is 12.3 Å². The van der Waals surface area contributed by atoms with E-state index < -0.39 is 5.97 Å². The summed E-state index contributed by atoms with van der Waals surface area (Å²) in [5.41, 5.74) is 1.61. The van der Waals surface area contributed by atoms with Gasteiger partial charge in [0, 0.05) is 36.3 Å². The van der Waals surface area contributed by atoms with E-state index in [0.29, 0.717) is 11.4 Å². The van der Waals surface area contributed by atoms with E-state index in [1.807, 2.05) is 9.47 Å². The number of rotatable bonds is 2. The molecule has 6 heteroatoms. The van der Waals surface area contributed by atoms with Crippen LogP contribution in [0.4, 0.5) is 0 Å². The van der Waals surface area contributed by atoms with Crippen molar-refractivity contribution in [3.63, 3.8) is 0 Å². The summed E-state index contributed by atoms with van der Waals surface area (Å²) in [6.45, 7) is 3.55. The van der Waals surface area contributed by atoms with Crippen molar-refractivity contribution >= 4 is 23.6 Å². The number of aromatic carboxylic acids is 1. The van der Waals surface area contributed by atoms with E-state index >= 15 is 0 Å². The summed E-state index contributed by atoms with van der Waals surface area (Å²) in [5.74, 6) is 0.640. The van der Waals surface area contributed by atoms with Crippen molar-refractivity contribution in [3.05, 3.63) is 23.0 Å². The van der Waals surface area contributed by atoms with E-state index in [1.165, 1.54) is 0 Å². The van der Waals surface area contributed by atoms with Gasteiger partial charge in [-0.25, -0.2) is 4.79 Å². The third-order valence-electron chi connectivity index (χ3n) is 4.17. The first-order valence-electron chi connectivity index (χ1n) is 6.94. The minimum Gasteiger partial charge on any atom is -0.478 e. The molecule has 0 spiro atoms. The number of hydrogen-bond donors (Lipinski definition) is 1. The van der Waals surface area contributed by atoms with Crippen molar-refractivity contribution in [2.45, 2.75) is 38.1 Å². The molecule has 3 heterocycles. The molecule has 3 rings (SSSR count). The molecule has 0 bridgehead atoms. The van der Waals surface area contributed by atoms with Gasteiger partial charge >= 0.3 is 5.97 Å². The van der Waals surface area contributed by atoms with Crippen molar-refractivity contribution in [3.8, 4) is 0 Å². The van der Waals surface area contributed by atoms with Gasteiger partial charge in [-0.1, -0.05) is 0 Å². The Labute approximate surface area is 121 Å². The smallest absolute Gasteiger partial charge is 0.337 e. The lowest BCUT2D eigenvalue weighted by molar-refractivity contribution is 0.0695. The number of carboxylic acid groups (broad SMARTS) is 1. The van der Waals surface area contributed by atoms with E-state index in [-0.39, 0.29) is 17.5 Å². The molecule has 2 aliphatic rings. The molecule has 0 radical (unpaired) electrons. The molecule has 0 aromatic carbocycles. The maximum absolute atomic E-state index is 12.7. The zero-order valence-electron chi connectivity index (χ0n) is 11.5. The Balaban J connectivity index is 2.01. The number of carboxylic acids is 1. The van der Waals surface area contributed by atoms with E-state index in [9.17, 15) is 14.7 Å². The first kappa shape index (κ1) is 13.5. The van der Waals surface area contributed by atoms with Crippen LogP contribution in [0.5, 0.6) is 0 Å². The van der Waals surface area contributed by atoms with E-state index in [4.69, 9.17) is 0 Å². The third-order valence-corrected chi connectivity index (χ3v) is 5.12. The van der Waals surface area contributed by atoms with Gasteiger partial charge in [0.15, 0.2) is 0 Å². The van der Waals surface area contributed by atoms with Gasteiger partial charge in [0.05, 0.1) is 5.56 Å². The highest BCUT2D eigenvalue weighted by Gasteiger charge is 2.31. The molecule has 1 amide bonds. The zero-order chi connectivity index (χ0) is 14.3. The van der Waals surface area contributed by atoms with Crippen LogP contribution in [0.3, 0.4) is 0 Å². The largest absolute Gasteiger partial charge is 0.478 e. The highest BCUT2D eigenvalue weighted by Crippen LogP contribution is 2.28. The Morgan fingerprint density at radius 3 is 2.85 bits per heavy atom. The van der Waals surface area contributed by atoms with Gasteiger partial charge in [0.25, 0.3) is 5.91 Å². The molecule has 1 aromatic heterocycles. The number of carbonyl (C=O) groups excluding carboxylic acids is 1. The van der Waals surface area contributed by atoms with Crippen molar-refractivity contribution in [2.24, 2.45) is 0 Å². The summed E-state index contributed by atoms with van der Waals surface area (Å²) in [7, 11) is 0. The standard InChI is InChI=1S/C14H18N2O3S/c1-9-3-2-4-15(9)13(17)11-7-10(14(18)19)12-8-20-6-5-16(11)12/h7,9H,2-6,8H2,1H3,(H,18,19)/t9-/m0/s1. The second-order valence-corrected chi connectivity index (χ2v) is 6.49. The Morgan fingerprint density at radius 2 is 2.20 bits per heavy atom. The number of amides is 1. The predicted octanol–water partition coefficient (Wildman–Crippen LogP) is 2.06. The summed E-state index contributed by atoms with van der Waals surface area (Å²) in [5, 5.41) is 9.31. The molecule has 1 aromatic rings. The summed E-state index contributed by atoms with van der Waals surface area (Å²) in [6, 6.07) is 1.82. The van der Waals surface area contributed by atoms with E-state index in [2.05, 4.69) is 6.92 Å². The average Bonchev–Trinajstić information content (AvgIpc) is 3.01. The number of aromatic nitrogens is 1. The van der Waals surface area contributed by atoms with Gasteiger partial charge in [-0.3, -0.25) is 4.79 Å². The van der Waals surface area contributed by atoms with Crippen LogP contribution in [-0.4, -0.2) is 44.8 Å². The van der Waals surface area contributed by atoms with Gasteiger partial charge in [-0.2, -0.15) is 11.8 Å². The lowest BCUT2D eigenvalue weighted by atomic mass is 10.2. The van der Waals surface area contributed by atoms with Crippen molar-refractivity contribution < 1.29 is 14.7 Å². The maximum atomic E-state index is 12.7.